The smallest absolute Gasteiger partial charge is 0.330 e. The van der Waals surface area contributed by atoms with Crippen LogP contribution in [-0.4, -0.2) is 27.4 Å². The Morgan fingerprint density at radius 2 is 1.85 bits per heavy atom. The van der Waals surface area contributed by atoms with Crippen LogP contribution in [0.5, 0.6) is 0 Å². The normalized spacial score (nSPS) is 12.3. The highest BCUT2D eigenvalue weighted by Crippen LogP contribution is 2.09. The molecule has 1 aromatic rings. The lowest BCUT2D eigenvalue weighted by Gasteiger charge is -2.20. The molecule has 0 aliphatic rings. The van der Waals surface area contributed by atoms with E-state index in [9.17, 15) is 9.59 Å². The first-order chi connectivity index (χ1) is 9.58. The molecule has 0 aliphatic carbocycles. The highest BCUT2D eigenvalue weighted by molar-refractivity contribution is 4.83. The first kappa shape index (κ1) is 20.9. The van der Waals surface area contributed by atoms with E-state index in [1.807, 2.05) is 34.6 Å². The summed E-state index contributed by atoms with van der Waals surface area (Å²) in [4.78, 5) is 24.4. The zero-order valence-electron chi connectivity index (χ0n) is 13.3. The van der Waals surface area contributed by atoms with Crippen molar-refractivity contribution in [3.8, 4) is 0 Å². The van der Waals surface area contributed by atoms with Crippen molar-refractivity contribution < 1.29 is 9.84 Å². The molecule has 2 N–H and O–H groups in total. The zero-order chi connectivity index (χ0) is 16.1. The Hall–Kier alpha value is -1.40. The molecular formula is C14H28N2O4. The number of nitrogens with one attached hydrogen (secondary N) is 1. The van der Waals surface area contributed by atoms with Gasteiger partial charge < -0.3 is 9.84 Å². The summed E-state index contributed by atoms with van der Waals surface area (Å²) in [5.74, 6) is 0. The van der Waals surface area contributed by atoms with E-state index in [1.165, 1.54) is 16.8 Å². The topological polar surface area (TPSA) is 84.3 Å². The van der Waals surface area contributed by atoms with Crippen LogP contribution in [0.15, 0.2) is 21.9 Å². The summed E-state index contributed by atoms with van der Waals surface area (Å²) in [5.41, 5.74) is -0.963. The predicted molar refractivity (Wildman–Crippen MR) is 81.0 cm³/mol. The molecule has 118 valence electrons. The fourth-order valence-corrected chi connectivity index (χ4v) is 1.33. The van der Waals surface area contributed by atoms with E-state index in [1.54, 1.807) is 6.92 Å². The molecule has 0 spiro atoms. The van der Waals surface area contributed by atoms with E-state index in [4.69, 9.17) is 9.84 Å². The number of H-pyrrole nitrogens is 1. The first-order valence-electron chi connectivity index (χ1n) is 7.16. The summed E-state index contributed by atoms with van der Waals surface area (Å²) >= 11 is 0. The third-order valence-electron chi connectivity index (χ3n) is 2.29. The molecule has 0 aromatic carbocycles. The molecule has 1 aromatic heterocycles. The van der Waals surface area contributed by atoms with Crippen LogP contribution in [0, 0.1) is 0 Å². The van der Waals surface area contributed by atoms with Gasteiger partial charge in [-0.15, -0.1) is 0 Å². The Labute approximate surface area is 120 Å². The summed E-state index contributed by atoms with van der Waals surface area (Å²) < 4.78 is 6.71. The van der Waals surface area contributed by atoms with Crippen molar-refractivity contribution in [3.05, 3.63) is 33.1 Å². The Morgan fingerprint density at radius 1 is 1.30 bits per heavy atom. The second-order valence-corrected chi connectivity index (χ2v) is 3.47. The van der Waals surface area contributed by atoms with E-state index in [-0.39, 0.29) is 12.7 Å². The predicted octanol–water partition coefficient (Wildman–Crippen LogP) is 1.89. The van der Waals surface area contributed by atoms with E-state index < -0.39 is 17.5 Å². The first-order valence-corrected chi connectivity index (χ1v) is 7.16. The lowest BCUT2D eigenvalue weighted by atomic mass is 10.3. The zero-order valence-corrected chi connectivity index (χ0v) is 13.3. The summed E-state index contributed by atoms with van der Waals surface area (Å²) in [6, 6.07) is 1.25. The molecule has 2 atom stereocenters. The average Bonchev–Trinajstić information content (AvgIpc) is 2.48. The number of aromatic nitrogens is 2. The molecule has 20 heavy (non-hydrogen) atoms. The maximum Gasteiger partial charge on any atom is 0.330 e. The fraction of sp³-hybridized carbons (Fsp3) is 0.714. The number of hydrogen-bond acceptors (Lipinski definition) is 4. The minimum absolute atomic E-state index is 0.0983. The molecule has 0 amide bonds. The maximum absolute atomic E-state index is 11.4. The number of hydrogen-bond donors (Lipinski definition) is 2. The van der Waals surface area contributed by atoms with Gasteiger partial charge in [0.25, 0.3) is 5.56 Å². The number of nitrogens with zero attached hydrogens (tertiary/aromatic N) is 1. The van der Waals surface area contributed by atoms with Crippen molar-refractivity contribution >= 4 is 0 Å². The van der Waals surface area contributed by atoms with Gasteiger partial charge in [0.1, 0.15) is 6.23 Å². The average molecular weight is 288 g/mol. The molecular weight excluding hydrogens is 260 g/mol. The SMILES string of the molecule is CC.CC.CCC(CO)OC(C)n1ccc(=O)[nH]c1=O. The molecule has 0 fully saturated rings. The lowest BCUT2D eigenvalue weighted by molar-refractivity contribution is -0.0682. The molecule has 1 heterocycles. The van der Waals surface area contributed by atoms with Crippen molar-refractivity contribution in [2.24, 2.45) is 0 Å². The van der Waals surface area contributed by atoms with Crippen molar-refractivity contribution in [1.82, 2.24) is 9.55 Å². The minimum Gasteiger partial charge on any atom is -0.394 e. The number of aliphatic hydroxyl groups is 1. The molecule has 2 unspecified atom stereocenters. The van der Waals surface area contributed by atoms with Crippen LogP contribution in [0.2, 0.25) is 0 Å². The van der Waals surface area contributed by atoms with Crippen LogP contribution in [0.25, 0.3) is 0 Å². The van der Waals surface area contributed by atoms with Crippen molar-refractivity contribution in [2.45, 2.75) is 60.3 Å². The van der Waals surface area contributed by atoms with E-state index in [0.717, 1.165) is 0 Å². The summed E-state index contributed by atoms with van der Waals surface area (Å²) in [6.45, 7) is 11.5. The number of ether oxygens (including phenoxy) is 1. The Bertz CT molecular complexity index is 435. The highest BCUT2D eigenvalue weighted by Gasteiger charge is 2.12. The maximum atomic E-state index is 11.4. The highest BCUT2D eigenvalue weighted by atomic mass is 16.5. The van der Waals surface area contributed by atoms with Crippen molar-refractivity contribution in [1.29, 1.82) is 0 Å². The molecule has 1 rings (SSSR count). The third kappa shape index (κ3) is 7.25. The van der Waals surface area contributed by atoms with E-state index >= 15 is 0 Å². The Balaban J connectivity index is 0. The summed E-state index contributed by atoms with van der Waals surface area (Å²) in [6.07, 6.45) is 1.18. The van der Waals surface area contributed by atoms with Crippen LogP contribution >= 0.6 is 0 Å². The van der Waals surface area contributed by atoms with Gasteiger partial charge in [0.15, 0.2) is 0 Å². The quantitative estimate of drug-likeness (QED) is 0.866. The van der Waals surface area contributed by atoms with Gasteiger partial charge in [0.05, 0.1) is 12.7 Å². The van der Waals surface area contributed by atoms with Crippen LogP contribution in [0.3, 0.4) is 0 Å². The third-order valence-corrected chi connectivity index (χ3v) is 2.29. The van der Waals surface area contributed by atoms with E-state index in [0.29, 0.717) is 6.42 Å². The molecule has 0 aliphatic heterocycles. The number of aliphatic hydroxyl groups excluding tert-OH is 1. The molecule has 0 radical (unpaired) electrons. The Kier molecular flexibility index (Phi) is 13.2. The van der Waals surface area contributed by atoms with Gasteiger partial charge in [0, 0.05) is 12.3 Å². The fourth-order valence-electron chi connectivity index (χ4n) is 1.33. The largest absolute Gasteiger partial charge is 0.394 e. The van der Waals surface area contributed by atoms with Crippen molar-refractivity contribution in [2.75, 3.05) is 6.61 Å². The Morgan fingerprint density at radius 3 is 2.25 bits per heavy atom. The molecule has 0 saturated heterocycles. The number of rotatable bonds is 5. The standard InChI is InChI=1S/C10H16N2O4.2C2H6/c1-3-8(6-13)16-7(2)12-5-4-9(14)11-10(12)15;2*1-2/h4-5,7-8,13H,3,6H2,1-2H3,(H,11,14,15);2*1-2H3. The molecule has 6 nitrogen and oxygen atoms in total. The summed E-state index contributed by atoms with van der Waals surface area (Å²) in [5, 5.41) is 8.97. The molecule has 6 heteroatoms. The van der Waals surface area contributed by atoms with Gasteiger partial charge in [-0.05, 0) is 13.3 Å². The second kappa shape index (κ2) is 12.6. The van der Waals surface area contributed by atoms with Crippen LogP contribution in [0.1, 0.15) is 54.2 Å². The molecule has 0 saturated carbocycles. The van der Waals surface area contributed by atoms with Crippen LogP contribution < -0.4 is 11.2 Å². The van der Waals surface area contributed by atoms with Gasteiger partial charge in [-0.1, -0.05) is 34.6 Å². The minimum atomic E-state index is -0.526. The van der Waals surface area contributed by atoms with Gasteiger partial charge in [-0.3, -0.25) is 14.3 Å². The molecule has 0 bridgehead atoms. The van der Waals surface area contributed by atoms with Crippen molar-refractivity contribution in [3.63, 3.8) is 0 Å². The van der Waals surface area contributed by atoms with Gasteiger partial charge >= 0.3 is 5.69 Å². The monoisotopic (exact) mass is 288 g/mol. The van der Waals surface area contributed by atoms with Crippen LogP contribution in [0.4, 0.5) is 0 Å². The summed E-state index contributed by atoms with van der Waals surface area (Å²) in [7, 11) is 0. The van der Waals surface area contributed by atoms with Gasteiger partial charge in [-0.2, -0.15) is 0 Å². The lowest BCUT2D eigenvalue weighted by Crippen LogP contribution is -2.33. The second-order valence-electron chi connectivity index (χ2n) is 3.47. The van der Waals surface area contributed by atoms with Gasteiger partial charge in [0.2, 0.25) is 0 Å². The van der Waals surface area contributed by atoms with E-state index in [2.05, 4.69) is 4.98 Å². The number of aromatic amines is 1. The van der Waals surface area contributed by atoms with Crippen LogP contribution in [-0.2, 0) is 4.74 Å². The van der Waals surface area contributed by atoms with Gasteiger partial charge in [-0.25, -0.2) is 4.79 Å².